The highest BCUT2D eigenvalue weighted by Gasteiger charge is 2.30. The highest BCUT2D eigenvalue weighted by Crippen LogP contribution is 2.32. The van der Waals surface area contributed by atoms with Crippen molar-refractivity contribution in [2.24, 2.45) is 0 Å². The molecule has 0 amide bonds. The van der Waals surface area contributed by atoms with Gasteiger partial charge in [0, 0.05) is 24.2 Å². The number of methoxy groups -OCH3 is 1. The molecule has 1 aromatic rings. The molecule has 1 aliphatic rings. The van der Waals surface area contributed by atoms with Gasteiger partial charge in [0.15, 0.2) is 0 Å². The van der Waals surface area contributed by atoms with E-state index >= 15 is 0 Å². The normalized spacial score (nSPS) is 16.2. The fraction of sp³-hybridized carbons (Fsp3) is 0.667. The molecular formula is C18H30N2O. The smallest absolute Gasteiger partial charge is 0.123 e. The highest BCUT2D eigenvalue weighted by atomic mass is 16.5. The maximum atomic E-state index is 5.59. The Balaban J connectivity index is 2.18. The third kappa shape index (κ3) is 4.45. The average molecular weight is 290 g/mol. The molecule has 0 bridgehead atoms. The zero-order valence-electron chi connectivity index (χ0n) is 14.0. The Bertz CT molecular complexity index is 443. The molecule has 0 aromatic heterocycles. The fourth-order valence-corrected chi connectivity index (χ4v) is 3.03. The lowest BCUT2D eigenvalue weighted by Gasteiger charge is -2.29. The highest BCUT2D eigenvalue weighted by molar-refractivity contribution is 5.39. The quantitative estimate of drug-likeness (QED) is 0.753. The van der Waals surface area contributed by atoms with Crippen LogP contribution < -0.4 is 10.1 Å². The summed E-state index contributed by atoms with van der Waals surface area (Å²) in [6.07, 6.45) is 3.95. The van der Waals surface area contributed by atoms with Gasteiger partial charge in [0.2, 0.25) is 0 Å². The molecule has 1 aliphatic carbocycles. The van der Waals surface area contributed by atoms with E-state index in [0.29, 0.717) is 6.04 Å². The van der Waals surface area contributed by atoms with Crippen molar-refractivity contribution in [3.8, 4) is 5.75 Å². The molecule has 0 aliphatic heterocycles. The first-order valence-electron chi connectivity index (χ1n) is 8.31. The SMILES string of the molecule is CCCN(CC(NCC)c1cc(C)ccc1OC)C1CC1. The number of nitrogens with zero attached hydrogens (tertiary/aromatic N) is 1. The van der Waals surface area contributed by atoms with Crippen LogP contribution in [-0.4, -0.2) is 37.7 Å². The Morgan fingerprint density at radius 1 is 1.33 bits per heavy atom. The molecule has 0 saturated heterocycles. The number of hydrogen-bond donors (Lipinski definition) is 1. The predicted molar refractivity (Wildman–Crippen MR) is 89.0 cm³/mol. The van der Waals surface area contributed by atoms with E-state index in [2.05, 4.69) is 49.2 Å². The molecule has 21 heavy (non-hydrogen) atoms. The summed E-state index contributed by atoms with van der Waals surface area (Å²) in [5, 5.41) is 3.65. The van der Waals surface area contributed by atoms with E-state index in [1.165, 1.54) is 36.9 Å². The lowest BCUT2D eigenvalue weighted by Crippen LogP contribution is -2.37. The van der Waals surface area contributed by atoms with Gasteiger partial charge in [-0.15, -0.1) is 0 Å². The van der Waals surface area contributed by atoms with Crippen LogP contribution >= 0.6 is 0 Å². The summed E-state index contributed by atoms with van der Waals surface area (Å²) in [4.78, 5) is 2.65. The van der Waals surface area contributed by atoms with Gasteiger partial charge in [0.25, 0.3) is 0 Å². The molecule has 0 radical (unpaired) electrons. The first kappa shape index (κ1) is 16.3. The van der Waals surface area contributed by atoms with Crippen molar-refractivity contribution in [3.05, 3.63) is 29.3 Å². The van der Waals surface area contributed by atoms with E-state index in [9.17, 15) is 0 Å². The molecule has 0 heterocycles. The van der Waals surface area contributed by atoms with Crippen LogP contribution in [0.15, 0.2) is 18.2 Å². The van der Waals surface area contributed by atoms with Crippen molar-refractivity contribution in [1.29, 1.82) is 0 Å². The molecule has 3 nitrogen and oxygen atoms in total. The lowest BCUT2D eigenvalue weighted by atomic mass is 10.0. The maximum Gasteiger partial charge on any atom is 0.123 e. The van der Waals surface area contributed by atoms with Gasteiger partial charge in [-0.3, -0.25) is 4.90 Å². The number of benzene rings is 1. The second-order valence-corrected chi connectivity index (χ2v) is 6.08. The van der Waals surface area contributed by atoms with Crippen LogP contribution in [0.25, 0.3) is 0 Å². The van der Waals surface area contributed by atoms with Gasteiger partial charge in [-0.1, -0.05) is 31.5 Å². The van der Waals surface area contributed by atoms with Gasteiger partial charge in [0.05, 0.1) is 7.11 Å². The first-order valence-corrected chi connectivity index (χ1v) is 8.31. The van der Waals surface area contributed by atoms with E-state index in [-0.39, 0.29) is 0 Å². The Morgan fingerprint density at radius 2 is 2.10 bits per heavy atom. The third-order valence-corrected chi connectivity index (χ3v) is 4.20. The van der Waals surface area contributed by atoms with E-state index in [4.69, 9.17) is 4.74 Å². The van der Waals surface area contributed by atoms with Gasteiger partial charge < -0.3 is 10.1 Å². The van der Waals surface area contributed by atoms with Crippen LogP contribution in [-0.2, 0) is 0 Å². The number of likely N-dealkylation sites (N-methyl/N-ethyl adjacent to an activating group) is 1. The van der Waals surface area contributed by atoms with Crippen LogP contribution in [0.2, 0.25) is 0 Å². The van der Waals surface area contributed by atoms with E-state index in [0.717, 1.165) is 24.9 Å². The minimum Gasteiger partial charge on any atom is -0.496 e. The standard InChI is InChI=1S/C18H30N2O/c1-5-11-20(15-8-9-15)13-17(19-6-2)16-12-14(3)7-10-18(16)21-4/h7,10,12,15,17,19H,5-6,8-9,11,13H2,1-4H3. The van der Waals surface area contributed by atoms with Gasteiger partial charge in [-0.05, 0) is 45.3 Å². The first-order chi connectivity index (χ1) is 10.2. The van der Waals surface area contributed by atoms with E-state index < -0.39 is 0 Å². The van der Waals surface area contributed by atoms with Crippen molar-refractivity contribution in [2.75, 3.05) is 26.7 Å². The van der Waals surface area contributed by atoms with Gasteiger partial charge in [-0.25, -0.2) is 0 Å². The summed E-state index contributed by atoms with van der Waals surface area (Å²) < 4.78 is 5.59. The molecule has 1 unspecified atom stereocenters. The molecule has 1 saturated carbocycles. The summed E-state index contributed by atoms with van der Waals surface area (Å²) in [5.74, 6) is 0.999. The minimum atomic E-state index is 0.344. The van der Waals surface area contributed by atoms with Gasteiger partial charge in [-0.2, -0.15) is 0 Å². The van der Waals surface area contributed by atoms with Crippen molar-refractivity contribution in [2.45, 2.75) is 52.1 Å². The summed E-state index contributed by atoms with van der Waals surface area (Å²) in [6, 6.07) is 7.63. The van der Waals surface area contributed by atoms with Gasteiger partial charge >= 0.3 is 0 Å². The lowest BCUT2D eigenvalue weighted by molar-refractivity contribution is 0.232. The monoisotopic (exact) mass is 290 g/mol. The van der Waals surface area contributed by atoms with Crippen LogP contribution in [0.4, 0.5) is 0 Å². The van der Waals surface area contributed by atoms with Crippen molar-refractivity contribution in [1.82, 2.24) is 10.2 Å². The van der Waals surface area contributed by atoms with Crippen molar-refractivity contribution < 1.29 is 4.74 Å². The van der Waals surface area contributed by atoms with E-state index in [1.54, 1.807) is 7.11 Å². The van der Waals surface area contributed by atoms with Crippen molar-refractivity contribution >= 4 is 0 Å². The largest absolute Gasteiger partial charge is 0.496 e. The Morgan fingerprint density at radius 3 is 2.67 bits per heavy atom. The summed E-state index contributed by atoms with van der Waals surface area (Å²) in [6.45, 7) is 9.84. The molecular weight excluding hydrogens is 260 g/mol. The predicted octanol–water partition coefficient (Wildman–Crippen LogP) is 3.53. The van der Waals surface area contributed by atoms with Gasteiger partial charge in [0.1, 0.15) is 5.75 Å². The third-order valence-electron chi connectivity index (χ3n) is 4.20. The zero-order valence-corrected chi connectivity index (χ0v) is 14.0. The number of ether oxygens (including phenoxy) is 1. The molecule has 0 spiro atoms. The van der Waals surface area contributed by atoms with Crippen molar-refractivity contribution in [3.63, 3.8) is 0 Å². The summed E-state index contributed by atoms with van der Waals surface area (Å²) in [7, 11) is 1.77. The minimum absolute atomic E-state index is 0.344. The molecule has 1 N–H and O–H groups in total. The van der Waals surface area contributed by atoms with Crippen LogP contribution in [0.3, 0.4) is 0 Å². The Hall–Kier alpha value is -1.06. The molecule has 1 atom stereocenters. The molecule has 3 heteroatoms. The van der Waals surface area contributed by atoms with Crippen LogP contribution in [0, 0.1) is 6.92 Å². The molecule has 1 fully saturated rings. The van der Waals surface area contributed by atoms with Crippen LogP contribution in [0.5, 0.6) is 5.75 Å². The Labute approximate surface area is 129 Å². The second kappa shape index (κ2) is 7.81. The average Bonchev–Trinajstić information content (AvgIpc) is 3.30. The number of hydrogen-bond acceptors (Lipinski definition) is 3. The maximum absolute atomic E-state index is 5.59. The molecule has 1 aromatic carbocycles. The zero-order chi connectivity index (χ0) is 15.2. The fourth-order valence-electron chi connectivity index (χ4n) is 3.03. The summed E-state index contributed by atoms with van der Waals surface area (Å²) >= 11 is 0. The van der Waals surface area contributed by atoms with E-state index in [1.807, 2.05) is 0 Å². The molecule has 118 valence electrons. The number of nitrogens with one attached hydrogen (secondary N) is 1. The summed E-state index contributed by atoms with van der Waals surface area (Å²) in [5.41, 5.74) is 2.59. The number of aryl methyl sites for hydroxylation is 1. The topological polar surface area (TPSA) is 24.5 Å². The second-order valence-electron chi connectivity index (χ2n) is 6.08. The van der Waals surface area contributed by atoms with Crippen LogP contribution in [0.1, 0.15) is 50.3 Å². The molecule has 2 rings (SSSR count). The Kier molecular flexibility index (Phi) is 6.07. The number of rotatable bonds is 9.